The molecule has 1 saturated carbocycles. The fourth-order valence-corrected chi connectivity index (χ4v) is 1.98. The minimum atomic E-state index is -0.403. The van der Waals surface area contributed by atoms with Crippen molar-refractivity contribution < 1.29 is 23.8 Å². The standard InChI is InChI=1S/C15H19NO5/c1-9-6-11(9)15(18)21-8-14(17)16-12-5-4-10(19-2)7-13(12)20-3/h4-5,7,9,11H,6,8H2,1-3H3,(H,16,17). The van der Waals surface area contributed by atoms with Gasteiger partial charge in [-0.15, -0.1) is 0 Å². The Morgan fingerprint density at radius 1 is 1.29 bits per heavy atom. The highest BCUT2D eigenvalue weighted by molar-refractivity contribution is 5.94. The summed E-state index contributed by atoms with van der Waals surface area (Å²) in [6.45, 7) is 1.69. The summed E-state index contributed by atoms with van der Waals surface area (Å²) < 4.78 is 15.2. The van der Waals surface area contributed by atoms with Crippen LogP contribution in [0.2, 0.25) is 0 Å². The molecule has 0 heterocycles. The fraction of sp³-hybridized carbons (Fsp3) is 0.467. The van der Waals surface area contributed by atoms with Gasteiger partial charge in [0.1, 0.15) is 11.5 Å². The van der Waals surface area contributed by atoms with Gasteiger partial charge < -0.3 is 19.5 Å². The van der Waals surface area contributed by atoms with Crippen molar-refractivity contribution in [1.82, 2.24) is 0 Å². The first-order valence-electron chi connectivity index (χ1n) is 6.73. The maximum absolute atomic E-state index is 11.8. The largest absolute Gasteiger partial charge is 0.497 e. The summed E-state index contributed by atoms with van der Waals surface area (Å²) in [6, 6.07) is 5.03. The Bertz CT molecular complexity index is 543. The SMILES string of the molecule is COc1ccc(NC(=O)COC(=O)C2CC2C)c(OC)c1. The topological polar surface area (TPSA) is 73.9 Å². The molecule has 6 nitrogen and oxygen atoms in total. The minimum Gasteiger partial charge on any atom is -0.497 e. The lowest BCUT2D eigenvalue weighted by Gasteiger charge is -2.11. The quantitative estimate of drug-likeness (QED) is 0.810. The van der Waals surface area contributed by atoms with Crippen LogP contribution in [0, 0.1) is 11.8 Å². The fourth-order valence-electron chi connectivity index (χ4n) is 1.98. The Morgan fingerprint density at radius 2 is 2.00 bits per heavy atom. The lowest BCUT2D eigenvalue weighted by Crippen LogP contribution is -2.22. The summed E-state index contributed by atoms with van der Waals surface area (Å²) in [4.78, 5) is 23.3. The number of esters is 1. The molecule has 0 aliphatic heterocycles. The smallest absolute Gasteiger partial charge is 0.309 e. The van der Waals surface area contributed by atoms with E-state index in [1.165, 1.54) is 7.11 Å². The van der Waals surface area contributed by atoms with Crippen LogP contribution in [0.1, 0.15) is 13.3 Å². The molecule has 0 aromatic heterocycles. The molecule has 1 aliphatic carbocycles. The van der Waals surface area contributed by atoms with Crippen LogP contribution in [0.5, 0.6) is 11.5 Å². The molecular weight excluding hydrogens is 274 g/mol. The minimum absolute atomic E-state index is 0.0478. The predicted octanol–water partition coefficient (Wildman–Crippen LogP) is 1.84. The van der Waals surface area contributed by atoms with Gasteiger partial charge in [0.05, 0.1) is 25.8 Å². The van der Waals surface area contributed by atoms with Crippen LogP contribution in [-0.2, 0) is 14.3 Å². The highest BCUT2D eigenvalue weighted by Crippen LogP contribution is 2.38. The Balaban J connectivity index is 1.88. The second-order valence-electron chi connectivity index (χ2n) is 5.04. The number of carbonyl (C=O) groups excluding carboxylic acids is 2. The first-order chi connectivity index (χ1) is 10.0. The van der Waals surface area contributed by atoms with Gasteiger partial charge in [-0.25, -0.2) is 0 Å². The highest BCUT2D eigenvalue weighted by atomic mass is 16.5. The number of rotatable bonds is 6. The molecule has 2 atom stereocenters. The number of carbonyl (C=O) groups is 2. The number of methoxy groups -OCH3 is 2. The Morgan fingerprint density at radius 3 is 2.57 bits per heavy atom. The van der Waals surface area contributed by atoms with Crippen molar-refractivity contribution in [2.24, 2.45) is 11.8 Å². The van der Waals surface area contributed by atoms with Crippen LogP contribution >= 0.6 is 0 Å². The van der Waals surface area contributed by atoms with Crippen LogP contribution < -0.4 is 14.8 Å². The van der Waals surface area contributed by atoms with E-state index in [-0.39, 0.29) is 18.5 Å². The number of benzene rings is 1. The van der Waals surface area contributed by atoms with Gasteiger partial charge in [0.2, 0.25) is 0 Å². The maximum Gasteiger partial charge on any atom is 0.309 e. The molecule has 2 rings (SSSR count). The highest BCUT2D eigenvalue weighted by Gasteiger charge is 2.40. The zero-order valence-corrected chi connectivity index (χ0v) is 12.3. The first kappa shape index (κ1) is 15.2. The molecule has 21 heavy (non-hydrogen) atoms. The van der Waals surface area contributed by atoms with Crippen molar-refractivity contribution >= 4 is 17.6 Å². The van der Waals surface area contributed by atoms with Crippen molar-refractivity contribution in [3.8, 4) is 11.5 Å². The van der Waals surface area contributed by atoms with Crippen LogP contribution in [0.4, 0.5) is 5.69 Å². The van der Waals surface area contributed by atoms with Crippen molar-refractivity contribution in [3.63, 3.8) is 0 Å². The molecule has 0 radical (unpaired) electrons. The lowest BCUT2D eigenvalue weighted by molar-refractivity contribution is -0.148. The molecule has 6 heteroatoms. The summed E-state index contributed by atoms with van der Waals surface area (Å²) in [7, 11) is 3.05. The van der Waals surface area contributed by atoms with Crippen LogP contribution in [-0.4, -0.2) is 32.7 Å². The molecule has 0 saturated heterocycles. The lowest BCUT2D eigenvalue weighted by atomic mass is 10.2. The molecule has 2 unspecified atom stereocenters. The second kappa shape index (κ2) is 6.47. The number of anilines is 1. The van der Waals surface area contributed by atoms with E-state index < -0.39 is 5.91 Å². The van der Waals surface area contributed by atoms with Crippen LogP contribution in [0.15, 0.2) is 18.2 Å². The van der Waals surface area contributed by atoms with Gasteiger partial charge in [0.15, 0.2) is 6.61 Å². The molecule has 114 valence electrons. The van der Waals surface area contributed by atoms with E-state index in [2.05, 4.69) is 5.32 Å². The Labute approximate surface area is 123 Å². The molecule has 1 aromatic carbocycles. The predicted molar refractivity (Wildman–Crippen MR) is 76.4 cm³/mol. The monoisotopic (exact) mass is 293 g/mol. The maximum atomic E-state index is 11.8. The van der Waals surface area contributed by atoms with Crippen molar-refractivity contribution in [2.75, 3.05) is 26.1 Å². The van der Waals surface area contributed by atoms with E-state index in [0.29, 0.717) is 23.1 Å². The molecule has 0 bridgehead atoms. The summed E-state index contributed by atoms with van der Waals surface area (Å²) in [5.74, 6) is 0.707. The molecule has 1 aliphatic rings. The Hall–Kier alpha value is -2.24. The third-order valence-electron chi connectivity index (χ3n) is 3.44. The number of ether oxygens (including phenoxy) is 3. The second-order valence-corrected chi connectivity index (χ2v) is 5.04. The van der Waals surface area contributed by atoms with E-state index in [1.807, 2.05) is 6.92 Å². The van der Waals surface area contributed by atoms with Crippen LogP contribution in [0.3, 0.4) is 0 Å². The molecule has 1 amide bonds. The zero-order valence-electron chi connectivity index (χ0n) is 12.3. The summed E-state index contributed by atoms with van der Waals surface area (Å²) >= 11 is 0. The van der Waals surface area contributed by atoms with E-state index in [0.717, 1.165) is 6.42 Å². The van der Waals surface area contributed by atoms with Gasteiger partial charge in [-0.3, -0.25) is 9.59 Å². The molecule has 1 fully saturated rings. The number of hydrogen-bond donors (Lipinski definition) is 1. The third kappa shape index (κ3) is 3.87. The number of hydrogen-bond acceptors (Lipinski definition) is 5. The van der Waals surface area contributed by atoms with E-state index in [1.54, 1.807) is 25.3 Å². The first-order valence-corrected chi connectivity index (χ1v) is 6.73. The van der Waals surface area contributed by atoms with Crippen molar-refractivity contribution in [2.45, 2.75) is 13.3 Å². The van der Waals surface area contributed by atoms with Gasteiger partial charge in [-0.2, -0.15) is 0 Å². The molecular formula is C15H19NO5. The summed E-state index contributed by atoms with van der Waals surface area (Å²) in [5, 5.41) is 2.64. The molecule has 1 aromatic rings. The summed E-state index contributed by atoms with van der Waals surface area (Å²) in [6.07, 6.45) is 0.840. The normalized spacial score (nSPS) is 19.6. The van der Waals surface area contributed by atoms with Crippen molar-refractivity contribution in [3.05, 3.63) is 18.2 Å². The van der Waals surface area contributed by atoms with Gasteiger partial charge in [0, 0.05) is 6.07 Å². The van der Waals surface area contributed by atoms with Gasteiger partial charge in [-0.1, -0.05) is 6.92 Å². The van der Waals surface area contributed by atoms with E-state index in [9.17, 15) is 9.59 Å². The van der Waals surface area contributed by atoms with E-state index in [4.69, 9.17) is 14.2 Å². The van der Waals surface area contributed by atoms with Gasteiger partial charge in [0.25, 0.3) is 5.91 Å². The third-order valence-corrected chi connectivity index (χ3v) is 3.44. The Kier molecular flexibility index (Phi) is 4.67. The van der Waals surface area contributed by atoms with Crippen LogP contribution in [0.25, 0.3) is 0 Å². The summed E-state index contributed by atoms with van der Waals surface area (Å²) in [5.41, 5.74) is 0.499. The molecule has 1 N–H and O–H groups in total. The van der Waals surface area contributed by atoms with E-state index >= 15 is 0 Å². The molecule has 0 spiro atoms. The van der Waals surface area contributed by atoms with Gasteiger partial charge >= 0.3 is 5.97 Å². The van der Waals surface area contributed by atoms with Gasteiger partial charge in [-0.05, 0) is 24.5 Å². The zero-order chi connectivity index (χ0) is 15.4. The number of amides is 1. The average Bonchev–Trinajstić information content (AvgIpc) is 3.22. The number of nitrogens with one attached hydrogen (secondary N) is 1. The van der Waals surface area contributed by atoms with Crippen molar-refractivity contribution in [1.29, 1.82) is 0 Å². The average molecular weight is 293 g/mol.